The summed E-state index contributed by atoms with van der Waals surface area (Å²) in [4.78, 5) is 10.4. The van der Waals surface area contributed by atoms with Gasteiger partial charge in [-0.15, -0.1) is 0 Å². The number of nitrogens with one attached hydrogen (secondary N) is 1. The highest BCUT2D eigenvalue weighted by Gasteiger charge is 2.12. The molecule has 2 aromatic carbocycles. The molecule has 0 spiro atoms. The summed E-state index contributed by atoms with van der Waals surface area (Å²) in [5.41, 5.74) is 1.90. The van der Waals surface area contributed by atoms with E-state index >= 15 is 0 Å². The molecule has 0 heterocycles. The molecule has 5 nitrogen and oxygen atoms in total. The maximum Gasteiger partial charge on any atom is 0.271 e. The van der Waals surface area contributed by atoms with Crippen molar-refractivity contribution in [2.24, 2.45) is 0 Å². The molecule has 0 amide bonds. The van der Waals surface area contributed by atoms with Gasteiger partial charge in [0.15, 0.2) is 0 Å². The first kappa shape index (κ1) is 14.8. The van der Waals surface area contributed by atoms with E-state index in [1.807, 2.05) is 18.2 Å². The van der Waals surface area contributed by atoms with Crippen molar-refractivity contribution in [3.05, 3.63) is 64.2 Å². The predicted molar refractivity (Wildman–Crippen MR) is 83.0 cm³/mol. The number of hydrogen-bond donors (Lipinski definition) is 1. The number of methoxy groups -OCH3 is 1. The van der Waals surface area contributed by atoms with Crippen molar-refractivity contribution in [1.82, 2.24) is 0 Å². The van der Waals surface area contributed by atoms with Crippen LogP contribution in [-0.4, -0.2) is 18.6 Å². The smallest absolute Gasteiger partial charge is 0.271 e. The van der Waals surface area contributed by atoms with Crippen LogP contribution in [0.5, 0.6) is 5.75 Å². The van der Waals surface area contributed by atoms with Crippen molar-refractivity contribution in [1.29, 1.82) is 0 Å². The Morgan fingerprint density at radius 1 is 1.24 bits per heavy atom. The highest BCUT2D eigenvalue weighted by molar-refractivity contribution is 5.61. The number of anilines is 1. The van der Waals surface area contributed by atoms with E-state index < -0.39 is 4.92 Å². The van der Waals surface area contributed by atoms with Gasteiger partial charge >= 0.3 is 0 Å². The fraction of sp³-hybridized carbons (Fsp3) is 0.250. The van der Waals surface area contributed by atoms with Crippen molar-refractivity contribution in [2.45, 2.75) is 12.8 Å². The zero-order valence-corrected chi connectivity index (χ0v) is 12.1. The lowest BCUT2D eigenvalue weighted by Crippen LogP contribution is -2.10. The summed E-state index contributed by atoms with van der Waals surface area (Å²) in [6.45, 7) is 2.77. The van der Waals surface area contributed by atoms with Crippen LogP contribution in [0.3, 0.4) is 0 Å². The van der Waals surface area contributed by atoms with Crippen molar-refractivity contribution < 1.29 is 9.66 Å². The second kappa shape index (κ2) is 6.74. The highest BCUT2D eigenvalue weighted by Crippen LogP contribution is 2.29. The van der Waals surface area contributed by atoms with E-state index in [1.54, 1.807) is 13.2 Å². The molecular formula is C16H18N2O3. The molecule has 0 saturated heterocycles. The van der Waals surface area contributed by atoms with Crippen LogP contribution in [0.25, 0.3) is 0 Å². The Hall–Kier alpha value is -2.56. The van der Waals surface area contributed by atoms with Crippen molar-refractivity contribution >= 4 is 11.4 Å². The number of hydrogen-bond acceptors (Lipinski definition) is 4. The van der Waals surface area contributed by atoms with Gasteiger partial charge in [0, 0.05) is 18.7 Å². The fourth-order valence-corrected chi connectivity index (χ4v) is 2.11. The van der Waals surface area contributed by atoms with Gasteiger partial charge in [-0.25, -0.2) is 0 Å². The molecule has 0 aliphatic rings. The van der Waals surface area contributed by atoms with E-state index in [0.29, 0.717) is 18.0 Å². The van der Waals surface area contributed by atoms with Crippen LogP contribution in [0, 0.1) is 10.1 Å². The third-order valence-corrected chi connectivity index (χ3v) is 3.36. The Morgan fingerprint density at radius 3 is 2.57 bits per heavy atom. The molecule has 0 aliphatic heterocycles. The van der Waals surface area contributed by atoms with Crippen LogP contribution in [0.1, 0.15) is 18.4 Å². The highest BCUT2D eigenvalue weighted by atomic mass is 16.6. The second-order valence-electron chi connectivity index (χ2n) is 4.83. The lowest BCUT2D eigenvalue weighted by Gasteiger charge is -2.15. The number of benzene rings is 2. The van der Waals surface area contributed by atoms with Crippen LogP contribution in [0.4, 0.5) is 11.4 Å². The SMILES string of the molecule is COc1ccc([N+](=O)[O-])cc1NCC(C)c1ccccc1. The quantitative estimate of drug-likeness (QED) is 0.647. The average Bonchev–Trinajstić information content (AvgIpc) is 2.53. The average molecular weight is 286 g/mol. The first-order valence-electron chi connectivity index (χ1n) is 6.73. The van der Waals surface area contributed by atoms with Gasteiger partial charge in [0.2, 0.25) is 0 Å². The topological polar surface area (TPSA) is 64.4 Å². The first-order chi connectivity index (χ1) is 10.1. The number of nitrogens with zero attached hydrogens (tertiary/aromatic N) is 1. The number of nitro groups is 1. The Labute approximate surface area is 123 Å². The zero-order valence-electron chi connectivity index (χ0n) is 12.1. The van der Waals surface area contributed by atoms with Gasteiger partial charge in [-0.2, -0.15) is 0 Å². The largest absolute Gasteiger partial charge is 0.495 e. The van der Waals surface area contributed by atoms with Crippen LogP contribution in [0.15, 0.2) is 48.5 Å². The van der Waals surface area contributed by atoms with Crippen LogP contribution in [-0.2, 0) is 0 Å². The number of rotatable bonds is 6. The van der Waals surface area contributed by atoms with Gasteiger partial charge in [-0.1, -0.05) is 37.3 Å². The van der Waals surface area contributed by atoms with E-state index in [0.717, 1.165) is 0 Å². The number of ether oxygens (including phenoxy) is 1. The van der Waals surface area contributed by atoms with Crippen LogP contribution in [0.2, 0.25) is 0 Å². The van der Waals surface area contributed by atoms with E-state index in [1.165, 1.54) is 17.7 Å². The molecule has 1 atom stereocenters. The maximum absolute atomic E-state index is 10.8. The van der Waals surface area contributed by atoms with E-state index in [9.17, 15) is 10.1 Å². The molecule has 0 aliphatic carbocycles. The summed E-state index contributed by atoms with van der Waals surface area (Å²) in [5.74, 6) is 0.885. The minimum absolute atomic E-state index is 0.0469. The normalized spacial score (nSPS) is 11.7. The second-order valence-corrected chi connectivity index (χ2v) is 4.83. The lowest BCUT2D eigenvalue weighted by atomic mass is 10.0. The summed E-state index contributed by atoms with van der Waals surface area (Å²) >= 11 is 0. The zero-order chi connectivity index (χ0) is 15.2. The molecule has 2 rings (SSSR count). The Morgan fingerprint density at radius 2 is 1.95 bits per heavy atom. The summed E-state index contributed by atoms with van der Waals surface area (Å²) in [6.07, 6.45) is 0. The summed E-state index contributed by atoms with van der Waals surface area (Å²) in [6, 6.07) is 14.6. The van der Waals surface area contributed by atoms with E-state index in [-0.39, 0.29) is 11.6 Å². The Balaban J connectivity index is 2.11. The number of non-ortho nitro benzene ring substituents is 1. The summed E-state index contributed by atoms with van der Waals surface area (Å²) in [7, 11) is 1.55. The fourth-order valence-electron chi connectivity index (χ4n) is 2.11. The molecular weight excluding hydrogens is 268 g/mol. The molecule has 110 valence electrons. The van der Waals surface area contributed by atoms with E-state index in [4.69, 9.17) is 4.74 Å². The minimum Gasteiger partial charge on any atom is -0.495 e. The number of nitro benzene ring substituents is 1. The third-order valence-electron chi connectivity index (χ3n) is 3.36. The third kappa shape index (κ3) is 3.72. The Kier molecular flexibility index (Phi) is 4.77. The molecule has 1 unspecified atom stereocenters. The minimum atomic E-state index is -0.411. The summed E-state index contributed by atoms with van der Waals surface area (Å²) in [5, 5.41) is 14.1. The molecule has 0 bridgehead atoms. The van der Waals surface area contributed by atoms with Gasteiger partial charge in [0.25, 0.3) is 5.69 Å². The van der Waals surface area contributed by atoms with Crippen molar-refractivity contribution in [3.8, 4) is 5.75 Å². The molecule has 5 heteroatoms. The maximum atomic E-state index is 10.8. The molecule has 0 radical (unpaired) electrons. The van der Waals surface area contributed by atoms with Gasteiger partial charge < -0.3 is 10.1 Å². The molecule has 21 heavy (non-hydrogen) atoms. The van der Waals surface area contributed by atoms with Crippen molar-refractivity contribution in [3.63, 3.8) is 0 Å². The Bertz CT molecular complexity index is 614. The first-order valence-corrected chi connectivity index (χ1v) is 6.73. The van der Waals surface area contributed by atoms with E-state index in [2.05, 4.69) is 24.4 Å². The van der Waals surface area contributed by atoms with Gasteiger partial charge in [-0.3, -0.25) is 10.1 Å². The van der Waals surface area contributed by atoms with Crippen molar-refractivity contribution in [2.75, 3.05) is 19.0 Å². The molecule has 0 saturated carbocycles. The monoisotopic (exact) mass is 286 g/mol. The lowest BCUT2D eigenvalue weighted by molar-refractivity contribution is -0.384. The van der Waals surface area contributed by atoms with Crippen LogP contribution >= 0.6 is 0 Å². The molecule has 0 fully saturated rings. The standard InChI is InChI=1S/C16H18N2O3/c1-12(13-6-4-3-5-7-13)11-17-15-10-14(18(19)20)8-9-16(15)21-2/h3-10,12,17H,11H2,1-2H3. The van der Waals surface area contributed by atoms with Gasteiger partial charge in [-0.05, 0) is 17.5 Å². The predicted octanol–water partition coefficient (Wildman–Crippen LogP) is 3.82. The molecule has 0 aromatic heterocycles. The summed E-state index contributed by atoms with van der Waals surface area (Å²) < 4.78 is 5.23. The molecule has 1 N–H and O–H groups in total. The van der Waals surface area contributed by atoms with Crippen LogP contribution < -0.4 is 10.1 Å². The molecule has 2 aromatic rings. The van der Waals surface area contributed by atoms with Gasteiger partial charge in [0.1, 0.15) is 5.75 Å². The van der Waals surface area contributed by atoms with Gasteiger partial charge in [0.05, 0.1) is 17.7 Å².